The third-order valence-corrected chi connectivity index (χ3v) is 4.11. The van der Waals surface area contributed by atoms with Crippen molar-refractivity contribution in [2.75, 3.05) is 32.6 Å². The van der Waals surface area contributed by atoms with Gasteiger partial charge in [-0.1, -0.05) is 0 Å². The Morgan fingerprint density at radius 1 is 1.18 bits per heavy atom. The van der Waals surface area contributed by atoms with Crippen molar-refractivity contribution in [1.82, 2.24) is 10.0 Å². The molecule has 0 aliphatic heterocycles. The largest absolute Gasteiger partial charge is 0.385 e. The second kappa shape index (κ2) is 8.02. The van der Waals surface area contributed by atoms with E-state index >= 15 is 0 Å². The van der Waals surface area contributed by atoms with Gasteiger partial charge < -0.3 is 10.1 Å². The van der Waals surface area contributed by atoms with E-state index in [1.165, 1.54) is 12.8 Å². The number of hydrogen-bond donors (Lipinski definition) is 2. The first-order chi connectivity index (χ1) is 8.14. The van der Waals surface area contributed by atoms with Gasteiger partial charge in [0.05, 0.1) is 5.75 Å². The Morgan fingerprint density at radius 2 is 1.94 bits per heavy atom. The molecule has 2 N–H and O–H groups in total. The molecule has 1 fully saturated rings. The summed E-state index contributed by atoms with van der Waals surface area (Å²) in [4.78, 5) is 0. The third kappa shape index (κ3) is 8.54. The van der Waals surface area contributed by atoms with Gasteiger partial charge in [-0.2, -0.15) is 0 Å². The van der Waals surface area contributed by atoms with Gasteiger partial charge in [0.25, 0.3) is 0 Å². The Balaban J connectivity index is 1.95. The minimum atomic E-state index is -3.09. The molecule has 1 aliphatic rings. The van der Waals surface area contributed by atoms with Crippen LogP contribution < -0.4 is 10.0 Å². The number of rotatable bonds is 11. The van der Waals surface area contributed by atoms with Crippen LogP contribution in [0.1, 0.15) is 32.1 Å². The van der Waals surface area contributed by atoms with Crippen LogP contribution in [0.25, 0.3) is 0 Å². The Hall–Kier alpha value is -0.170. The summed E-state index contributed by atoms with van der Waals surface area (Å²) in [5.74, 6) is 0.182. The molecule has 0 aromatic heterocycles. The van der Waals surface area contributed by atoms with Gasteiger partial charge in [-0.05, 0) is 32.1 Å². The van der Waals surface area contributed by atoms with E-state index < -0.39 is 10.0 Å². The molecule has 0 saturated heterocycles. The highest BCUT2D eigenvalue weighted by atomic mass is 32.2. The minimum Gasteiger partial charge on any atom is -0.385 e. The summed E-state index contributed by atoms with van der Waals surface area (Å²) < 4.78 is 30.6. The summed E-state index contributed by atoms with van der Waals surface area (Å²) >= 11 is 0. The van der Waals surface area contributed by atoms with Crippen LogP contribution in [0.3, 0.4) is 0 Å². The standard InChI is InChI=1S/C11H24N2O3S/c1-16-9-4-2-3-7-13-17(14,15)10-8-12-11-5-6-11/h11-13H,2-10H2,1H3. The first-order valence-electron chi connectivity index (χ1n) is 6.34. The predicted octanol–water partition coefficient (Wildman–Crippen LogP) is 0.475. The Labute approximate surface area is 104 Å². The number of unbranched alkanes of at least 4 members (excludes halogenated alkanes) is 2. The van der Waals surface area contributed by atoms with Crippen LogP contribution in [0.2, 0.25) is 0 Å². The quantitative estimate of drug-likeness (QED) is 0.533. The van der Waals surface area contributed by atoms with Crippen LogP contribution in [-0.4, -0.2) is 47.0 Å². The van der Waals surface area contributed by atoms with Crippen LogP contribution in [0.5, 0.6) is 0 Å². The molecule has 0 heterocycles. The average molecular weight is 264 g/mol. The zero-order chi connectivity index (χ0) is 12.6. The Morgan fingerprint density at radius 3 is 2.59 bits per heavy atom. The smallest absolute Gasteiger partial charge is 0.212 e. The third-order valence-electron chi connectivity index (χ3n) is 2.73. The van der Waals surface area contributed by atoms with Crippen LogP contribution in [0, 0.1) is 0 Å². The lowest BCUT2D eigenvalue weighted by Crippen LogP contribution is -2.33. The molecule has 6 heteroatoms. The summed E-state index contributed by atoms with van der Waals surface area (Å²) in [5.41, 5.74) is 0. The summed E-state index contributed by atoms with van der Waals surface area (Å²) in [6.45, 7) is 1.84. The van der Waals surface area contributed by atoms with E-state index in [1.807, 2.05) is 0 Å². The average Bonchev–Trinajstić information content (AvgIpc) is 3.07. The maximum absolute atomic E-state index is 11.5. The molecule has 0 aromatic rings. The van der Waals surface area contributed by atoms with Crippen LogP contribution in [0.4, 0.5) is 0 Å². The first-order valence-corrected chi connectivity index (χ1v) is 7.99. The zero-order valence-corrected chi connectivity index (χ0v) is 11.4. The molecule has 0 bridgehead atoms. The normalized spacial score (nSPS) is 16.3. The van der Waals surface area contributed by atoms with Crippen molar-refractivity contribution in [2.24, 2.45) is 0 Å². The van der Waals surface area contributed by atoms with Gasteiger partial charge in [-0.25, -0.2) is 13.1 Å². The first kappa shape index (κ1) is 14.9. The topological polar surface area (TPSA) is 67.4 Å². The fourth-order valence-electron chi connectivity index (χ4n) is 1.53. The molecule has 0 amide bonds. The molecule has 5 nitrogen and oxygen atoms in total. The Kier molecular flexibility index (Phi) is 7.03. The van der Waals surface area contributed by atoms with E-state index in [9.17, 15) is 8.42 Å². The van der Waals surface area contributed by atoms with Crippen molar-refractivity contribution < 1.29 is 13.2 Å². The van der Waals surface area contributed by atoms with Crippen LogP contribution >= 0.6 is 0 Å². The SMILES string of the molecule is COCCCCCNS(=O)(=O)CCNC1CC1. The zero-order valence-electron chi connectivity index (χ0n) is 10.6. The van der Waals surface area contributed by atoms with Gasteiger partial charge in [-0.3, -0.25) is 0 Å². The van der Waals surface area contributed by atoms with Crippen LogP contribution in [-0.2, 0) is 14.8 Å². The summed E-state index contributed by atoms with van der Waals surface area (Å²) in [6, 6.07) is 0.569. The van der Waals surface area contributed by atoms with Gasteiger partial charge >= 0.3 is 0 Å². The Bertz CT molecular complexity index is 289. The highest BCUT2D eigenvalue weighted by Crippen LogP contribution is 2.17. The van der Waals surface area contributed by atoms with Crippen molar-refractivity contribution >= 4 is 10.0 Å². The van der Waals surface area contributed by atoms with Crippen molar-refractivity contribution in [1.29, 1.82) is 0 Å². The van der Waals surface area contributed by atoms with E-state index in [0.29, 0.717) is 19.1 Å². The molecule has 0 radical (unpaired) electrons. The maximum Gasteiger partial charge on any atom is 0.212 e. The van der Waals surface area contributed by atoms with E-state index in [-0.39, 0.29) is 5.75 Å². The van der Waals surface area contributed by atoms with Crippen molar-refractivity contribution in [2.45, 2.75) is 38.1 Å². The fraction of sp³-hybridized carbons (Fsp3) is 1.00. The predicted molar refractivity (Wildman–Crippen MR) is 68.5 cm³/mol. The van der Waals surface area contributed by atoms with E-state index in [0.717, 1.165) is 25.9 Å². The molecule has 0 aromatic carbocycles. The molecule has 1 aliphatic carbocycles. The van der Waals surface area contributed by atoms with Gasteiger partial charge in [0, 0.05) is 32.8 Å². The molecular weight excluding hydrogens is 240 g/mol. The molecule has 17 heavy (non-hydrogen) atoms. The van der Waals surface area contributed by atoms with Gasteiger partial charge in [0.2, 0.25) is 10.0 Å². The lowest BCUT2D eigenvalue weighted by Gasteiger charge is -2.07. The second-order valence-corrected chi connectivity index (χ2v) is 6.42. The number of hydrogen-bond acceptors (Lipinski definition) is 4. The monoisotopic (exact) mass is 264 g/mol. The molecule has 0 unspecified atom stereocenters. The lowest BCUT2D eigenvalue weighted by atomic mass is 10.2. The highest BCUT2D eigenvalue weighted by Gasteiger charge is 2.20. The lowest BCUT2D eigenvalue weighted by molar-refractivity contribution is 0.192. The van der Waals surface area contributed by atoms with E-state index in [2.05, 4.69) is 10.0 Å². The number of nitrogens with one attached hydrogen (secondary N) is 2. The number of methoxy groups -OCH3 is 1. The van der Waals surface area contributed by atoms with Gasteiger partial charge in [0.1, 0.15) is 0 Å². The molecule has 0 spiro atoms. The molecular formula is C11H24N2O3S. The number of sulfonamides is 1. The maximum atomic E-state index is 11.5. The van der Waals surface area contributed by atoms with E-state index in [4.69, 9.17) is 4.74 Å². The summed E-state index contributed by atoms with van der Waals surface area (Å²) in [7, 11) is -1.41. The summed E-state index contributed by atoms with van der Waals surface area (Å²) in [5, 5.41) is 3.20. The second-order valence-electron chi connectivity index (χ2n) is 4.50. The van der Waals surface area contributed by atoms with Gasteiger partial charge in [0.15, 0.2) is 0 Å². The molecule has 102 valence electrons. The van der Waals surface area contributed by atoms with Gasteiger partial charge in [-0.15, -0.1) is 0 Å². The highest BCUT2D eigenvalue weighted by molar-refractivity contribution is 7.89. The fourth-order valence-corrected chi connectivity index (χ4v) is 2.52. The number of ether oxygens (including phenoxy) is 1. The van der Waals surface area contributed by atoms with Crippen LogP contribution in [0.15, 0.2) is 0 Å². The van der Waals surface area contributed by atoms with Crippen molar-refractivity contribution in [3.05, 3.63) is 0 Å². The van der Waals surface area contributed by atoms with Crippen molar-refractivity contribution in [3.63, 3.8) is 0 Å². The van der Waals surface area contributed by atoms with E-state index in [1.54, 1.807) is 7.11 Å². The minimum absolute atomic E-state index is 0.182. The molecule has 1 rings (SSSR count). The molecule has 0 atom stereocenters. The molecule has 1 saturated carbocycles. The van der Waals surface area contributed by atoms with Crippen molar-refractivity contribution in [3.8, 4) is 0 Å². The summed E-state index contributed by atoms with van der Waals surface area (Å²) in [6.07, 6.45) is 5.23.